The topological polar surface area (TPSA) is 130 Å². The van der Waals surface area contributed by atoms with Gasteiger partial charge < -0.3 is 15.4 Å². The Morgan fingerprint density at radius 2 is 1.77 bits per heavy atom. The van der Waals surface area contributed by atoms with Gasteiger partial charge in [-0.2, -0.15) is 0 Å². The molecule has 1 saturated heterocycles. The third-order valence-corrected chi connectivity index (χ3v) is 7.21. The van der Waals surface area contributed by atoms with E-state index in [1.807, 2.05) is 45.0 Å². The fourth-order valence-corrected chi connectivity index (χ4v) is 4.71. The van der Waals surface area contributed by atoms with E-state index < -0.39 is 42.0 Å². The summed E-state index contributed by atoms with van der Waals surface area (Å²) in [5, 5.41) is 8.78. The van der Waals surface area contributed by atoms with Crippen LogP contribution in [0.3, 0.4) is 0 Å². The molecule has 3 heterocycles. The molecule has 0 radical (unpaired) electrons. The number of nitrogens with zero attached hydrogens (tertiary/aromatic N) is 2. The molecule has 0 spiro atoms. The number of carbonyl (C=O) groups excluding carboxylic acids is 4. The van der Waals surface area contributed by atoms with Crippen LogP contribution in [0.25, 0.3) is 16.8 Å². The molecule has 39 heavy (non-hydrogen) atoms. The number of aromatic nitrogens is 1. The highest BCUT2D eigenvalue weighted by Crippen LogP contribution is 2.24. The molecule has 3 amide bonds. The van der Waals surface area contributed by atoms with Crippen LogP contribution in [-0.4, -0.2) is 58.4 Å². The maximum absolute atomic E-state index is 13.1. The number of amides is 3. The molecule has 0 aliphatic carbocycles. The summed E-state index contributed by atoms with van der Waals surface area (Å²) in [4.78, 5) is 56.7. The largest absolute Gasteiger partial charge is 0.457 e. The van der Waals surface area contributed by atoms with E-state index in [0.29, 0.717) is 25.1 Å². The molecule has 2 aromatic rings. The van der Waals surface area contributed by atoms with Crippen LogP contribution in [0.2, 0.25) is 0 Å². The van der Waals surface area contributed by atoms with Crippen molar-refractivity contribution >= 4 is 40.5 Å². The van der Waals surface area contributed by atoms with E-state index in [0.717, 1.165) is 16.3 Å². The van der Waals surface area contributed by atoms with Gasteiger partial charge in [0.25, 0.3) is 5.91 Å². The van der Waals surface area contributed by atoms with Crippen molar-refractivity contribution in [2.45, 2.75) is 71.7 Å². The third kappa shape index (κ3) is 6.62. The lowest BCUT2D eigenvalue weighted by Gasteiger charge is -2.35. The third-order valence-electron chi connectivity index (χ3n) is 7.21. The number of nitrogens with one attached hydrogen (secondary N) is 3. The molecule has 10 nitrogen and oxygen atoms in total. The first kappa shape index (κ1) is 28.2. The summed E-state index contributed by atoms with van der Waals surface area (Å²) in [7, 11) is 0. The van der Waals surface area contributed by atoms with Gasteiger partial charge in [-0.1, -0.05) is 39.0 Å². The lowest BCUT2D eigenvalue weighted by molar-refractivity contribution is -0.157. The highest BCUT2D eigenvalue weighted by atomic mass is 16.5. The monoisotopic (exact) mass is 535 g/mol. The molecule has 3 N–H and O–H groups in total. The minimum Gasteiger partial charge on any atom is -0.457 e. The van der Waals surface area contributed by atoms with E-state index in [9.17, 15) is 19.2 Å². The van der Waals surface area contributed by atoms with Crippen LogP contribution in [0.1, 0.15) is 64.8 Å². The van der Waals surface area contributed by atoms with E-state index in [-0.39, 0.29) is 17.7 Å². The van der Waals surface area contributed by atoms with E-state index >= 15 is 0 Å². The molecule has 5 bridgehead atoms. The number of hydrogen-bond donors (Lipinski definition) is 3. The fourth-order valence-electron chi connectivity index (χ4n) is 4.71. The zero-order valence-electron chi connectivity index (χ0n) is 23.1. The van der Waals surface area contributed by atoms with Gasteiger partial charge in [-0.25, -0.2) is 5.43 Å². The van der Waals surface area contributed by atoms with Gasteiger partial charge in [0.05, 0.1) is 11.6 Å². The zero-order valence-corrected chi connectivity index (χ0v) is 23.1. The molecule has 1 aromatic carbocycles. The van der Waals surface area contributed by atoms with Crippen molar-refractivity contribution in [3.05, 3.63) is 47.8 Å². The van der Waals surface area contributed by atoms with Gasteiger partial charge in [0.2, 0.25) is 11.8 Å². The Hall–Kier alpha value is -3.79. The number of benzene rings is 1. The number of pyridine rings is 1. The summed E-state index contributed by atoms with van der Waals surface area (Å²) in [5.41, 5.74) is 4.48. The van der Waals surface area contributed by atoms with Crippen molar-refractivity contribution in [2.75, 3.05) is 6.54 Å². The second kappa shape index (κ2) is 11.9. The van der Waals surface area contributed by atoms with Gasteiger partial charge in [-0.05, 0) is 61.8 Å². The molecule has 0 saturated carbocycles. The zero-order chi connectivity index (χ0) is 28.3. The number of esters is 1. The molecule has 4 rings (SSSR count). The summed E-state index contributed by atoms with van der Waals surface area (Å²) >= 11 is 0. The standard InChI is InChI=1S/C29H37N5O5/c1-16(2)25-27(36)31-18(4)28(37)34-12-6-7-24(33-34)29(38)39-19(5)20-9-10-21-15-30-23(14-22(21)13-20)11-8-17(3)26(35)32-25/h8-11,13-19,24-25,33H,6-7,12H2,1-5H3,(H,31,36)(H,32,35)/b11-8+/t17?,18?,19-,24?,25+/m1/s1. The van der Waals surface area contributed by atoms with E-state index in [4.69, 9.17) is 4.74 Å². The van der Waals surface area contributed by atoms with Crippen LogP contribution in [0.5, 0.6) is 0 Å². The molecule has 2 aliphatic rings. The molecular weight excluding hydrogens is 498 g/mol. The molecule has 2 aliphatic heterocycles. The quantitative estimate of drug-likeness (QED) is 0.479. The van der Waals surface area contributed by atoms with Gasteiger partial charge >= 0.3 is 5.97 Å². The second-order valence-corrected chi connectivity index (χ2v) is 10.7. The number of carbonyl (C=O) groups is 4. The lowest BCUT2D eigenvalue weighted by atomic mass is 10.0. The predicted molar refractivity (Wildman–Crippen MR) is 147 cm³/mol. The van der Waals surface area contributed by atoms with Crippen LogP contribution in [0, 0.1) is 11.8 Å². The van der Waals surface area contributed by atoms with Crippen LogP contribution in [0.4, 0.5) is 0 Å². The summed E-state index contributed by atoms with van der Waals surface area (Å²) in [6.45, 7) is 9.20. The van der Waals surface area contributed by atoms with Crippen molar-refractivity contribution in [3.63, 3.8) is 0 Å². The first-order valence-electron chi connectivity index (χ1n) is 13.5. The average molecular weight is 536 g/mol. The molecule has 3 unspecified atom stereocenters. The summed E-state index contributed by atoms with van der Waals surface area (Å²) in [6.07, 6.45) is 5.89. The van der Waals surface area contributed by atoms with Gasteiger partial charge in [0.1, 0.15) is 24.2 Å². The van der Waals surface area contributed by atoms with Gasteiger partial charge in [0.15, 0.2) is 0 Å². The molecule has 5 atom stereocenters. The summed E-state index contributed by atoms with van der Waals surface area (Å²) in [6, 6.07) is 5.32. The number of fused-ring (bicyclic) bond motifs is 4. The Balaban J connectivity index is 1.67. The summed E-state index contributed by atoms with van der Waals surface area (Å²) < 4.78 is 5.78. The molecule has 1 fully saturated rings. The molecular formula is C29H37N5O5. The summed E-state index contributed by atoms with van der Waals surface area (Å²) in [5.74, 6) is -2.31. The predicted octanol–water partition coefficient (Wildman–Crippen LogP) is 2.64. The molecule has 10 heteroatoms. The Kier molecular flexibility index (Phi) is 8.64. The number of ether oxygens (including phenoxy) is 1. The normalized spacial score (nSPS) is 28.2. The van der Waals surface area contributed by atoms with Crippen molar-refractivity contribution in [1.29, 1.82) is 0 Å². The Bertz CT molecular complexity index is 1290. The lowest BCUT2D eigenvalue weighted by Crippen LogP contribution is -2.61. The minimum absolute atomic E-state index is 0.209. The number of cyclic esters (lactones) is 1. The maximum atomic E-state index is 13.1. The first-order chi connectivity index (χ1) is 18.5. The van der Waals surface area contributed by atoms with Crippen LogP contribution in [-0.2, 0) is 23.9 Å². The second-order valence-electron chi connectivity index (χ2n) is 10.7. The van der Waals surface area contributed by atoms with Crippen molar-refractivity contribution in [3.8, 4) is 0 Å². The number of hydrogen-bond acceptors (Lipinski definition) is 7. The maximum Gasteiger partial charge on any atom is 0.325 e. The Labute approximate surface area is 228 Å². The highest BCUT2D eigenvalue weighted by Gasteiger charge is 2.34. The first-order valence-corrected chi connectivity index (χ1v) is 13.5. The minimum atomic E-state index is -0.868. The smallest absolute Gasteiger partial charge is 0.325 e. The van der Waals surface area contributed by atoms with Crippen LogP contribution in [0.15, 0.2) is 36.5 Å². The van der Waals surface area contributed by atoms with E-state index in [1.165, 1.54) is 5.01 Å². The molecule has 208 valence electrons. The van der Waals surface area contributed by atoms with Crippen LogP contribution < -0.4 is 16.1 Å². The number of hydrazine groups is 1. The van der Waals surface area contributed by atoms with E-state index in [1.54, 1.807) is 32.2 Å². The molecule has 1 aromatic heterocycles. The van der Waals surface area contributed by atoms with Gasteiger partial charge in [0, 0.05) is 18.1 Å². The Morgan fingerprint density at radius 3 is 2.51 bits per heavy atom. The van der Waals surface area contributed by atoms with Gasteiger partial charge in [-0.3, -0.25) is 29.2 Å². The van der Waals surface area contributed by atoms with Crippen molar-refractivity contribution < 1.29 is 23.9 Å². The SMILES string of the molecule is CC1/C=C/c2cc3cc(ccc3cn2)[C@@H](C)OC(=O)C2CCCN(N2)C(=O)C(C)NC(=O)[C@H](C(C)C)NC1=O. The van der Waals surface area contributed by atoms with Crippen molar-refractivity contribution in [2.24, 2.45) is 11.8 Å². The number of rotatable bonds is 1. The fraction of sp³-hybridized carbons (Fsp3) is 0.483. The van der Waals surface area contributed by atoms with Crippen LogP contribution >= 0.6 is 0 Å². The average Bonchev–Trinajstić information content (AvgIpc) is 2.92. The van der Waals surface area contributed by atoms with Gasteiger partial charge in [-0.15, -0.1) is 0 Å². The van der Waals surface area contributed by atoms with E-state index in [2.05, 4.69) is 21.0 Å². The van der Waals surface area contributed by atoms with Crippen molar-refractivity contribution in [1.82, 2.24) is 26.1 Å². The highest BCUT2D eigenvalue weighted by molar-refractivity contribution is 5.93. The Morgan fingerprint density at radius 1 is 1.00 bits per heavy atom.